The van der Waals surface area contributed by atoms with Gasteiger partial charge in [0.2, 0.25) is 5.91 Å². The first kappa shape index (κ1) is 19.0. The van der Waals surface area contributed by atoms with Crippen LogP contribution in [0.3, 0.4) is 0 Å². The number of carbonyl (C=O) groups is 3. The van der Waals surface area contributed by atoms with Crippen LogP contribution < -0.4 is 34.7 Å². The zero-order valence-corrected chi connectivity index (χ0v) is 16.1. The third kappa shape index (κ3) is 2.41. The number of fused-ring (bicyclic) bond motifs is 1. The smallest absolute Gasteiger partial charge is 0.548 e. The van der Waals surface area contributed by atoms with Gasteiger partial charge >= 0.3 is 29.6 Å². The van der Waals surface area contributed by atoms with Gasteiger partial charge in [0.25, 0.3) is 0 Å². The summed E-state index contributed by atoms with van der Waals surface area (Å²) in [4.78, 5) is 35.2. The topological polar surface area (TPSA) is 142 Å². The number of rotatable bonds is 4. The largest absolute Gasteiger partial charge is 1.00 e. The van der Waals surface area contributed by atoms with Gasteiger partial charge in [-0.1, -0.05) is 5.21 Å². The van der Waals surface area contributed by atoms with Gasteiger partial charge in [0.05, 0.1) is 31.2 Å². The Morgan fingerprint density at radius 1 is 1.46 bits per heavy atom. The first-order valence-electron chi connectivity index (χ1n) is 6.76. The van der Waals surface area contributed by atoms with Crippen molar-refractivity contribution in [3.05, 3.63) is 11.9 Å². The Balaban J connectivity index is 0.00000208. The molecule has 0 unspecified atom stereocenters. The average molecular weight is 364 g/mol. The molecule has 1 aromatic heterocycles. The van der Waals surface area contributed by atoms with Gasteiger partial charge in [0, 0.05) is 6.92 Å². The zero-order chi connectivity index (χ0) is 17.2. The van der Waals surface area contributed by atoms with E-state index in [0.717, 1.165) is 9.58 Å². The molecule has 0 radical (unpaired) electrons. The molecule has 12 heteroatoms. The number of hydrogen-bond donors (Lipinski definition) is 0. The van der Waals surface area contributed by atoms with Gasteiger partial charge in [-0.25, -0.2) is 8.42 Å². The van der Waals surface area contributed by atoms with Gasteiger partial charge in [-0.2, -0.15) is 0 Å². The summed E-state index contributed by atoms with van der Waals surface area (Å²) in [6.45, 7) is 2.16. The zero-order valence-electron chi connectivity index (χ0n) is 13.3. The summed E-state index contributed by atoms with van der Waals surface area (Å²) in [5.74, 6) is -2.54. The van der Waals surface area contributed by atoms with Crippen LogP contribution in [0.25, 0.3) is 0 Å². The third-order valence-electron chi connectivity index (χ3n) is 4.41. The number of carboxylic acid groups (broad SMARTS) is 1. The SMILES string of the molecule is CC(=O)c1cn(C[C@@]2(C)[C@H](C(=O)[O-])N3C(=O)C[C@H]3S2(=O)=O)nn1.[Na+]. The maximum atomic E-state index is 12.7. The maximum absolute atomic E-state index is 12.7. The maximum Gasteiger partial charge on any atom is 1.00 e. The second-order valence-corrected chi connectivity index (χ2v) is 8.46. The Morgan fingerprint density at radius 3 is 2.54 bits per heavy atom. The van der Waals surface area contributed by atoms with E-state index in [9.17, 15) is 27.9 Å². The van der Waals surface area contributed by atoms with Crippen molar-refractivity contribution in [2.75, 3.05) is 0 Å². The molecule has 10 nitrogen and oxygen atoms in total. The second kappa shape index (κ2) is 5.90. The van der Waals surface area contributed by atoms with E-state index in [-0.39, 0.29) is 54.0 Å². The van der Waals surface area contributed by atoms with E-state index in [1.165, 1.54) is 20.0 Å². The van der Waals surface area contributed by atoms with E-state index >= 15 is 0 Å². The van der Waals surface area contributed by atoms with Crippen molar-refractivity contribution in [2.45, 2.75) is 43.0 Å². The number of nitrogens with zero attached hydrogens (tertiary/aromatic N) is 4. The normalized spacial score (nSPS) is 30.2. The van der Waals surface area contributed by atoms with Crippen LogP contribution in [0.2, 0.25) is 0 Å². The Labute approximate surface area is 159 Å². The fourth-order valence-electron chi connectivity index (χ4n) is 3.13. The molecular weight excluding hydrogens is 351 g/mol. The quantitative estimate of drug-likeness (QED) is 0.292. The van der Waals surface area contributed by atoms with Gasteiger partial charge in [-0.3, -0.25) is 14.3 Å². The van der Waals surface area contributed by atoms with Gasteiger partial charge < -0.3 is 14.8 Å². The van der Waals surface area contributed by atoms with Crippen molar-refractivity contribution >= 4 is 27.5 Å². The van der Waals surface area contributed by atoms with E-state index in [2.05, 4.69) is 10.3 Å². The molecule has 0 bridgehead atoms. The van der Waals surface area contributed by atoms with Crippen LogP contribution in [-0.4, -0.2) is 62.1 Å². The second-order valence-electron chi connectivity index (χ2n) is 5.90. The van der Waals surface area contributed by atoms with Gasteiger partial charge in [0.15, 0.2) is 15.6 Å². The number of aromatic nitrogens is 3. The summed E-state index contributed by atoms with van der Waals surface area (Å²) in [7, 11) is -3.95. The van der Waals surface area contributed by atoms with Crippen molar-refractivity contribution in [1.82, 2.24) is 19.9 Å². The molecule has 3 atom stereocenters. The molecule has 1 aromatic rings. The van der Waals surface area contributed by atoms with E-state index in [1.54, 1.807) is 0 Å². The molecular formula is C12H13N4NaO6S. The van der Waals surface area contributed by atoms with Crippen molar-refractivity contribution in [2.24, 2.45) is 0 Å². The number of sulfone groups is 1. The fourth-order valence-corrected chi connectivity index (χ4v) is 5.48. The third-order valence-corrected chi connectivity index (χ3v) is 7.17. The molecule has 3 heterocycles. The van der Waals surface area contributed by atoms with E-state index < -0.39 is 37.9 Å². The summed E-state index contributed by atoms with van der Waals surface area (Å²) in [5, 5.41) is 17.6. The summed E-state index contributed by atoms with van der Waals surface area (Å²) in [6, 6.07) is -1.61. The Kier molecular flexibility index (Phi) is 4.68. The Morgan fingerprint density at radius 2 is 2.08 bits per heavy atom. The predicted molar refractivity (Wildman–Crippen MR) is 71.4 cm³/mol. The molecule has 0 aromatic carbocycles. The van der Waals surface area contributed by atoms with Crippen molar-refractivity contribution in [3.8, 4) is 0 Å². The van der Waals surface area contributed by atoms with Crippen LogP contribution in [-0.2, 0) is 26.0 Å². The molecule has 0 spiro atoms. The predicted octanol–water partition coefficient (Wildman–Crippen LogP) is -5.65. The van der Waals surface area contributed by atoms with Gasteiger partial charge in [-0.15, -0.1) is 5.10 Å². The van der Waals surface area contributed by atoms with E-state index in [4.69, 9.17) is 0 Å². The molecule has 0 saturated carbocycles. The number of carbonyl (C=O) groups excluding carboxylic acids is 3. The molecule has 2 aliphatic heterocycles. The fraction of sp³-hybridized carbons (Fsp3) is 0.583. The molecule has 2 saturated heterocycles. The summed E-state index contributed by atoms with van der Waals surface area (Å²) >= 11 is 0. The monoisotopic (exact) mass is 364 g/mol. The van der Waals surface area contributed by atoms with Crippen LogP contribution in [0.4, 0.5) is 0 Å². The molecule has 0 N–H and O–H groups in total. The van der Waals surface area contributed by atoms with Crippen molar-refractivity contribution < 1.29 is 57.5 Å². The first-order valence-corrected chi connectivity index (χ1v) is 8.31. The minimum absolute atomic E-state index is 0. The molecule has 124 valence electrons. The Bertz CT molecular complexity index is 836. The minimum atomic E-state index is -3.95. The Hall–Kier alpha value is -1.30. The number of hydrogen-bond acceptors (Lipinski definition) is 8. The number of β-lactam (4-membered cyclic amide) rings is 1. The summed E-state index contributed by atoms with van der Waals surface area (Å²) in [6.07, 6.45) is 1.00. The number of aliphatic carboxylic acids is 1. The molecule has 24 heavy (non-hydrogen) atoms. The number of ketones is 1. The average Bonchev–Trinajstić information content (AvgIpc) is 2.93. The molecule has 3 rings (SSSR count). The summed E-state index contributed by atoms with van der Waals surface area (Å²) in [5.41, 5.74) is 0.0355. The number of amides is 1. The van der Waals surface area contributed by atoms with Crippen LogP contribution in [0.15, 0.2) is 6.20 Å². The first-order chi connectivity index (χ1) is 10.6. The minimum Gasteiger partial charge on any atom is -0.548 e. The molecule has 2 fully saturated rings. The van der Waals surface area contributed by atoms with Gasteiger partial charge in [0.1, 0.15) is 15.8 Å². The molecule has 1 amide bonds. The van der Waals surface area contributed by atoms with Crippen LogP contribution in [0.1, 0.15) is 30.8 Å². The van der Waals surface area contributed by atoms with Crippen molar-refractivity contribution in [1.29, 1.82) is 0 Å². The molecule has 0 aliphatic carbocycles. The molecule has 2 aliphatic rings. The van der Waals surface area contributed by atoms with Crippen LogP contribution in [0, 0.1) is 0 Å². The van der Waals surface area contributed by atoms with Crippen molar-refractivity contribution in [3.63, 3.8) is 0 Å². The number of carboxylic acids is 1. The van der Waals surface area contributed by atoms with Crippen LogP contribution >= 0.6 is 0 Å². The standard InChI is InChI=1S/C12H14N4O6S.Na/c1-6(17)7-4-15(14-13-7)5-12(2)10(11(19)20)16-8(18)3-9(16)23(12,21)22;/h4,9-10H,3,5H2,1-2H3,(H,19,20);/q;+1/p-1/t9-,10+,12+;/m1./s1. The van der Waals surface area contributed by atoms with Gasteiger partial charge in [-0.05, 0) is 6.92 Å². The van der Waals surface area contributed by atoms with Crippen LogP contribution in [0.5, 0.6) is 0 Å². The number of Topliss-reactive ketones (excluding diaryl/α,β-unsaturated/α-hetero) is 1. The van der Waals surface area contributed by atoms with E-state index in [1.807, 2.05) is 0 Å². The summed E-state index contributed by atoms with van der Waals surface area (Å²) < 4.78 is 24.6. The van der Waals surface area contributed by atoms with E-state index in [0.29, 0.717) is 0 Å².